The van der Waals surface area contributed by atoms with Crippen LogP contribution in [0, 0.1) is 12.8 Å². The van der Waals surface area contributed by atoms with E-state index in [9.17, 15) is 0 Å². The number of benzene rings is 1. The maximum atomic E-state index is 6.08. The number of hydrogen-bond donors (Lipinski definition) is 1. The molecule has 0 saturated carbocycles. The molecule has 1 heterocycles. The first kappa shape index (κ1) is 13.7. The van der Waals surface area contributed by atoms with E-state index in [-0.39, 0.29) is 6.04 Å². The van der Waals surface area contributed by atoms with Gasteiger partial charge in [-0.1, -0.05) is 55.3 Å². The van der Waals surface area contributed by atoms with Gasteiger partial charge in [0.15, 0.2) is 5.82 Å². The quantitative estimate of drug-likeness (QED) is 0.896. The highest BCUT2D eigenvalue weighted by molar-refractivity contribution is 5.23. The van der Waals surface area contributed by atoms with E-state index >= 15 is 0 Å². The van der Waals surface area contributed by atoms with Crippen LogP contribution >= 0.6 is 0 Å². The van der Waals surface area contributed by atoms with Crippen molar-refractivity contribution >= 4 is 0 Å². The van der Waals surface area contributed by atoms with Crippen LogP contribution in [0.1, 0.15) is 49.2 Å². The molecule has 1 aromatic heterocycles. The molecule has 102 valence electrons. The second kappa shape index (κ2) is 5.97. The summed E-state index contributed by atoms with van der Waals surface area (Å²) in [6.45, 7) is 6.27. The third kappa shape index (κ3) is 3.41. The van der Waals surface area contributed by atoms with Crippen LogP contribution in [-0.4, -0.2) is 10.1 Å². The lowest BCUT2D eigenvalue weighted by atomic mass is 10.0. The summed E-state index contributed by atoms with van der Waals surface area (Å²) < 4.78 is 5.26. The number of aryl methyl sites for hydroxylation is 1. The fraction of sp³-hybridized carbons (Fsp3) is 0.467. The summed E-state index contributed by atoms with van der Waals surface area (Å²) in [7, 11) is 0. The maximum Gasteiger partial charge on any atom is 0.243 e. The zero-order valence-corrected chi connectivity index (χ0v) is 11.8. The number of aromatic nitrogens is 2. The first-order chi connectivity index (χ1) is 9.10. The lowest BCUT2D eigenvalue weighted by molar-refractivity contribution is 0.310. The number of nitrogens with two attached hydrogens (primary N) is 1. The Morgan fingerprint density at radius 2 is 1.95 bits per heavy atom. The highest BCUT2D eigenvalue weighted by Crippen LogP contribution is 2.20. The summed E-state index contributed by atoms with van der Waals surface area (Å²) in [6, 6.07) is 8.16. The van der Waals surface area contributed by atoms with Crippen LogP contribution in [0.5, 0.6) is 0 Å². The molecule has 0 aliphatic heterocycles. The predicted molar refractivity (Wildman–Crippen MR) is 74.7 cm³/mol. The Balaban J connectivity index is 2.07. The molecule has 4 heteroatoms. The molecule has 0 saturated heterocycles. The van der Waals surface area contributed by atoms with E-state index in [2.05, 4.69) is 55.2 Å². The van der Waals surface area contributed by atoms with E-state index in [1.807, 2.05) is 0 Å². The molecule has 0 bridgehead atoms. The van der Waals surface area contributed by atoms with Crippen molar-refractivity contribution in [2.45, 2.75) is 39.7 Å². The average molecular weight is 259 g/mol. The molecule has 0 aliphatic rings. The van der Waals surface area contributed by atoms with E-state index in [1.54, 1.807) is 0 Å². The third-order valence-electron chi connectivity index (χ3n) is 3.51. The minimum atomic E-state index is -0.177. The standard InChI is InChI=1S/C15H21N3O/c1-4-11(3)14(16)15-17-13(18-19-15)9-12-7-5-10(2)6-8-12/h5-8,11,14H,4,9,16H2,1-3H3/t11?,14-/m0/s1. The highest BCUT2D eigenvalue weighted by Gasteiger charge is 2.19. The fourth-order valence-corrected chi connectivity index (χ4v) is 1.86. The molecule has 0 aliphatic carbocycles. The molecule has 2 aromatic rings. The highest BCUT2D eigenvalue weighted by atomic mass is 16.5. The average Bonchev–Trinajstić information content (AvgIpc) is 2.88. The fourth-order valence-electron chi connectivity index (χ4n) is 1.86. The van der Waals surface area contributed by atoms with Gasteiger partial charge in [-0.05, 0) is 18.4 Å². The van der Waals surface area contributed by atoms with Gasteiger partial charge in [0.05, 0.1) is 6.04 Å². The molecule has 2 atom stereocenters. The van der Waals surface area contributed by atoms with Gasteiger partial charge >= 0.3 is 0 Å². The molecule has 4 nitrogen and oxygen atoms in total. The molecule has 1 unspecified atom stereocenters. The summed E-state index contributed by atoms with van der Waals surface area (Å²) in [5.41, 5.74) is 8.50. The van der Waals surface area contributed by atoms with Gasteiger partial charge in [0, 0.05) is 6.42 Å². The summed E-state index contributed by atoms with van der Waals surface area (Å²) >= 11 is 0. The van der Waals surface area contributed by atoms with Gasteiger partial charge in [0.25, 0.3) is 0 Å². The molecule has 1 aromatic carbocycles. The monoisotopic (exact) mass is 259 g/mol. The van der Waals surface area contributed by atoms with Gasteiger partial charge in [-0.25, -0.2) is 0 Å². The van der Waals surface area contributed by atoms with E-state index in [0.717, 1.165) is 6.42 Å². The minimum absolute atomic E-state index is 0.177. The third-order valence-corrected chi connectivity index (χ3v) is 3.51. The van der Waals surface area contributed by atoms with Crippen LogP contribution in [0.15, 0.2) is 28.8 Å². The topological polar surface area (TPSA) is 64.9 Å². The summed E-state index contributed by atoms with van der Waals surface area (Å²) in [4.78, 5) is 4.39. The van der Waals surface area contributed by atoms with Crippen LogP contribution in [0.2, 0.25) is 0 Å². The Kier molecular flexibility index (Phi) is 4.32. The molecular weight excluding hydrogens is 238 g/mol. The Labute approximate surface area is 114 Å². The lowest BCUT2D eigenvalue weighted by Crippen LogP contribution is -2.18. The van der Waals surface area contributed by atoms with E-state index in [4.69, 9.17) is 10.3 Å². The summed E-state index contributed by atoms with van der Waals surface area (Å²) in [6.07, 6.45) is 1.67. The molecule has 2 rings (SSSR count). The van der Waals surface area contributed by atoms with E-state index in [1.165, 1.54) is 11.1 Å². The first-order valence-electron chi connectivity index (χ1n) is 6.73. The second-order valence-electron chi connectivity index (χ2n) is 5.12. The van der Waals surface area contributed by atoms with Crippen molar-refractivity contribution in [2.24, 2.45) is 11.7 Å². The molecule has 0 amide bonds. The molecule has 19 heavy (non-hydrogen) atoms. The van der Waals surface area contributed by atoms with Crippen LogP contribution in [0.4, 0.5) is 0 Å². The van der Waals surface area contributed by atoms with Crippen LogP contribution in [0.25, 0.3) is 0 Å². The smallest absolute Gasteiger partial charge is 0.243 e. The molecule has 0 fully saturated rings. The van der Waals surface area contributed by atoms with Crippen molar-refractivity contribution in [3.8, 4) is 0 Å². The molecule has 0 radical (unpaired) electrons. The Morgan fingerprint density at radius 1 is 1.26 bits per heavy atom. The van der Waals surface area contributed by atoms with Gasteiger partial charge in [-0.3, -0.25) is 0 Å². The predicted octanol–water partition coefficient (Wildman–Crippen LogP) is 3.01. The Bertz CT molecular complexity index is 518. The van der Waals surface area contributed by atoms with Gasteiger partial charge in [-0.2, -0.15) is 4.98 Å². The van der Waals surface area contributed by atoms with Gasteiger partial charge < -0.3 is 10.3 Å². The van der Waals surface area contributed by atoms with Crippen LogP contribution in [0.3, 0.4) is 0 Å². The number of hydrogen-bond acceptors (Lipinski definition) is 4. The van der Waals surface area contributed by atoms with E-state index < -0.39 is 0 Å². The Morgan fingerprint density at radius 3 is 2.58 bits per heavy atom. The van der Waals surface area contributed by atoms with Crippen molar-refractivity contribution < 1.29 is 4.52 Å². The summed E-state index contributed by atoms with van der Waals surface area (Å²) in [5, 5.41) is 4.01. The zero-order valence-electron chi connectivity index (χ0n) is 11.8. The van der Waals surface area contributed by atoms with Crippen molar-refractivity contribution in [1.82, 2.24) is 10.1 Å². The number of nitrogens with zero attached hydrogens (tertiary/aromatic N) is 2. The van der Waals surface area contributed by atoms with Crippen LogP contribution < -0.4 is 5.73 Å². The van der Waals surface area contributed by atoms with Crippen molar-refractivity contribution in [1.29, 1.82) is 0 Å². The Hall–Kier alpha value is -1.68. The lowest BCUT2D eigenvalue weighted by Gasteiger charge is -2.12. The van der Waals surface area contributed by atoms with Gasteiger partial charge in [0.2, 0.25) is 5.89 Å². The zero-order chi connectivity index (χ0) is 13.8. The summed E-state index contributed by atoms with van der Waals surface area (Å²) in [5.74, 6) is 1.57. The minimum Gasteiger partial charge on any atom is -0.338 e. The SMILES string of the molecule is CCC(C)[C@H](N)c1nc(Cc2ccc(C)cc2)no1. The molecule has 2 N–H and O–H groups in total. The molecule has 0 spiro atoms. The van der Waals surface area contributed by atoms with Gasteiger partial charge in [0.1, 0.15) is 0 Å². The largest absolute Gasteiger partial charge is 0.338 e. The maximum absolute atomic E-state index is 6.08. The van der Waals surface area contributed by atoms with Crippen molar-refractivity contribution in [3.05, 3.63) is 47.1 Å². The van der Waals surface area contributed by atoms with Crippen molar-refractivity contribution in [3.63, 3.8) is 0 Å². The second-order valence-corrected chi connectivity index (χ2v) is 5.12. The molecular formula is C15H21N3O. The van der Waals surface area contributed by atoms with E-state index in [0.29, 0.717) is 24.1 Å². The normalized spacial score (nSPS) is 14.3. The number of rotatable bonds is 5. The van der Waals surface area contributed by atoms with Crippen LogP contribution in [-0.2, 0) is 6.42 Å². The van der Waals surface area contributed by atoms with Crippen molar-refractivity contribution in [2.75, 3.05) is 0 Å². The van der Waals surface area contributed by atoms with Gasteiger partial charge in [-0.15, -0.1) is 0 Å². The first-order valence-corrected chi connectivity index (χ1v) is 6.73.